The highest BCUT2D eigenvalue weighted by molar-refractivity contribution is 6.13. The van der Waals surface area contributed by atoms with Crippen LogP contribution >= 0.6 is 0 Å². The van der Waals surface area contributed by atoms with E-state index in [9.17, 15) is 4.79 Å². The highest BCUT2D eigenvalue weighted by atomic mass is 16.6. The van der Waals surface area contributed by atoms with Crippen LogP contribution in [0.2, 0.25) is 0 Å². The van der Waals surface area contributed by atoms with Gasteiger partial charge >= 0.3 is 5.97 Å². The molecule has 1 aliphatic heterocycles. The Morgan fingerprint density at radius 3 is 2.48 bits per heavy atom. The van der Waals surface area contributed by atoms with Gasteiger partial charge in [-0.2, -0.15) is 0 Å². The molecule has 0 unspecified atom stereocenters. The predicted octanol–water partition coefficient (Wildman–Crippen LogP) is 4.19. The molecule has 122 valence electrons. The van der Waals surface area contributed by atoms with Crippen molar-refractivity contribution in [3.05, 3.63) is 83.6 Å². The quantitative estimate of drug-likeness (QED) is 0.535. The minimum absolute atomic E-state index is 0.293. The third-order valence-corrected chi connectivity index (χ3v) is 4.03. The van der Waals surface area contributed by atoms with Crippen molar-refractivity contribution in [2.75, 3.05) is 7.11 Å². The summed E-state index contributed by atoms with van der Waals surface area (Å²) in [6.07, 6.45) is 1.74. The van der Waals surface area contributed by atoms with Crippen LogP contribution in [0.1, 0.15) is 11.1 Å². The first-order valence-electron chi connectivity index (χ1n) is 7.89. The molecule has 0 bridgehead atoms. The van der Waals surface area contributed by atoms with Gasteiger partial charge in [0.2, 0.25) is 5.90 Å². The molecule has 0 saturated heterocycles. The highest BCUT2D eigenvalue weighted by Gasteiger charge is 2.24. The van der Waals surface area contributed by atoms with Crippen molar-refractivity contribution in [2.45, 2.75) is 0 Å². The SMILES string of the molecule is COc1ccc(C2=N/C(=C\c3ccc4ccccc4c3)C(=O)O2)cc1. The first-order valence-corrected chi connectivity index (χ1v) is 7.89. The number of carbonyl (C=O) groups is 1. The van der Waals surface area contributed by atoms with Crippen LogP contribution in [0.3, 0.4) is 0 Å². The van der Waals surface area contributed by atoms with Crippen molar-refractivity contribution in [3.8, 4) is 5.75 Å². The summed E-state index contributed by atoms with van der Waals surface area (Å²) in [6, 6.07) is 21.3. The number of hydrogen-bond donors (Lipinski definition) is 0. The maximum Gasteiger partial charge on any atom is 0.363 e. The molecule has 0 fully saturated rings. The van der Waals surface area contributed by atoms with Crippen molar-refractivity contribution in [2.24, 2.45) is 4.99 Å². The fraction of sp³-hybridized carbons (Fsp3) is 0.0476. The van der Waals surface area contributed by atoms with E-state index < -0.39 is 5.97 Å². The Balaban J connectivity index is 1.67. The molecule has 0 aliphatic carbocycles. The summed E-state index contributed by atoms with van der Waals surface area (Å²) in [5, 5.41) is 2.27. The molecule has 3 aromatic rings. The lowest BCUT2D eigenvalue weighted by molar-refractivity contribution is -0.129. The largest absolute Gasteiger partial charge is 0.497 e. The van der Waals surface area contributed by atoms with E-state index >= 15 is 0 Å². The Hall–Kier alpha value is -3.40. The zero-order valence-corrected chi connectivity index (χ0v) is 13.6. The van der Waals surface area contributed by atoms with E-state index in [0.717, 1.165) is 27.6 Å². The van der Waals surface area contributed by atoms with Crippen molar-refractivity contribution < 1.29 is 14.3 Å². The number of ether oxygens (including phenoxy) is 2. The number of nitrogens with zero attached hydrogens (tertiary/aromatic N) is 1. The zero-order valence-electron chi connectivity index (χ0n) is 13.6. The molecule has 3 aromatic carbocycles. The van der Waals surface area contributed by atoms with Crippen molar-refractivity contribution in [3.63, 3.8) is 0 Å². The molecular weight excluding hydrogens is 314 g/mol. The summed E-state index contributed by atoms with van der Waals surface area (Å²) in [4.78, 5) is 16.5. The Labute approximate surface area is 145 Å². The molecule has 25 heavy (non-hydrogen) atoms. The van der Waals surface area contributed by atoms with Crippen LogP contribution in [0.5, 0.6) is 5.75 Å². The summed E-state index contributed by atoms with van der Waals surface area (Å²) in [6.45, 7) is 0. The lowest BCUT2D eigenvalue weighted by Crippen LogP contribution is -2.05. The molecule has 4 nitrogen and oxygen atoms in total. The van der Waals surface area contributed by atoms with Gasteiger partial charge in [0.05, 0.1) is 7.11 Å². The van der Waals surface area contributed by atoms with E-state index in [1.807, 2.05) is 48.5 Å². The molecular formula is C21H15NO3. The molecule has 0 aromatic heterocycles. The maximum absolute atomic E-state index is 12.1. The van der Waals surface area contributed by atoms with Crippen LogP contribution in [-0.2, 0) is 9.53 Å². The van der Waals surface area contributed by atoms with Crippen LogP contribution in [0, 0.1) is 0 Å². The summed E-state index contributed by atoms with van der Waals surface area (Å²) in [5.74, 6) is 0.597. The number of fused-ring (bicyclic) bond motifs is 1. The molecule has 1 aliphatic rings. The summed E-state index contributed by atoms with van der Waals surface area (Å²) >= 11 is 0. The normalized spacial score (nSPS) is 15.3. The van der Waals surface area contributed by atoms with Crippen LogP contribution in [0.4, 0.5) is 0 Å². The first kappa shape index (κ1) is 15.1. The molecule has 0 amide bonds. The van der Waals surface area contributed by atoms with E-state index in [1.165, 1.54) is 0 Å². The van der Waals surface area contributed by atoms with Crippen molar-refractivity contribution in [1.29, 1.82) is 0 Å². The average molecular weight is 329 g/mol. The van der Waals surface area contributed by atoms with Gasteiger partial charge in [0.25, 0.3) is 0 Å². The third-order valence-electron chi connectivity index (χ3n) is 4.03. The molecule has 0 atom stereocenters. The zero-order chi connectivity index (χ0) is 17.2. The number of cyclic esters (lactones) is 1. The fourth-order valence-corrected chi connectivity index (χ4v) is 2.72. The Morgan fingerprint density at radius 2 is 1.72 bits per heavy atom. The maximum atomic E-state index is 12.1. The molecule has 0 radical (unpaired) electrons. The second kappa shape index (κ2) is 6.24. The van der Waals surface area contributed by atoms with Crippen molar-refractivity contribution in [1.82, 2.24) is 0 Å². The second-order valence-corrected chi connectivity index (χ2v) is 5.67. The standard InChI is InChI=1S/C21H15NO3/c1-24-18-10-8-16(9-11-18)20-22-19(21(23)25-20)13-14-6-7-15-4-2-3-5-17(15)12-14/h2-13H,1H3/b19-13-. The van der Waals surface area contributed by atoms with E-state index in [4.69, 9.17) is 9.47 Å². The van der Waals surface area contributed by atoms with E-state index in [2.05, 4.69) is 11.1 Å². The van der Waals surface area contributed by atoms with Crippen molar-refractivity contribution >= 4 is 28.7 Å². The van der Waals surface area contributed by atoms with Crippen LogP contribution in [-0.4, -0.2) is 19.0 Å². The number of methoxy groups -OCH3 is 1. The Kier molecular flexibility index (Phi) is 3.78. The summed E-state index contributed by atoms with van der Waals surface area (Å²) < 4.78 is 10.4. The number of carbonyl (C=O) groups excluding carboxylic acids is 1. The highest BCUT2D eigenvalue weighted by Crippen LogP contribution is 2.22. The van der Waals surface area contributed by atoms with E-state index in [-0.39, 0.29) is 0 Å². The van der Waals surface area contributed by atoms with Gasteiger partial charge in [0.1, 0.15) is 5.75 Å². The number of benzene rings is 3. The minimum atomic E-state index is -0.445. The topological polar surface area (TPSA) is 47.9 Å². The van der Waals surface area contributed by atoms with E-state index in [0.29, 0.717) is 11.6 Å². The van der Waals surface area contributed by atoms with Gasteiger partial charge in [0.15, 0.2) is 5.70 Å². The van der Waals surface area contributed by atoms with Gasteiger partial charge < -0.3 is 9.47 Å². The first-order chi connectivity index (χ1) is 12.2. The summed E-state index contributed by atoms with van der Waals surface area (Å²) in [5.41, 5.74) is 1.93. The van der Waals surface area contributed by atoms with Gasteiger partial charge in [-0.1, -0.05) is 36.4 Å². The monoisotopic (exact) mass is 329 g/mol. The molecule has 4 rings (SSSR count). The fourth-order valence-electron chi connectivity index (χ4n) is 2.72. The van der Waals surface area contributed by atoms with Crippen LogP contribution in [0.25, 0.3) is 16.8 Å². The van der Waals surface area contributed by atoms with Crippen LogP contribution in [0.15, 0.2) is 77.4 Å². The van der Waals surface area contributed by atoms with Gasteiger partial charge in [-0.3, -0.25) is 0 Å². The minimum Gasteiger partial charge on any atom is -0.497 e. The Morgan fingerprint density at radius 1 is 0.960 bits per heavy atom. The Bertz CT molecular complexity index is 1020. The van der Waals surface area contributed by atoms with Gasteiger partial charge in [-0.15, -0.1) is 0 Å². The number of esters is 1. The molecule has 0 saturated carbocycles. The second-order valence-electron chi connectivity index (χ2n) is 5.67. The van der Waals surface area contributed by atoms with E-state index in [1.54, 1.807) is 25.3 Å². The lowest BCUT2D eigenvalue weighted by atomic mass is 10.1. The lowest BCUT2D eigenvalue weighted by Gasteiger charge is -2.01. The number of hydrogen-bond acceptors (Lipinski definition) is 4. The molecule has 0 spiro atoms. The summed E-state index contributed by atoms with van der Waals surface area (Å²) in [7, 11) is 1.60. The smallest absolute Gasteiger partial charge is 0.363 e. The third kappa shape index (κ3) is 3.02. The van der Waals surface area contributed by atoms with Crippen LogP contribution < -0.4 is 4.74 Å². The van der Waals surface area contributed by atoms with Gasteiger partial charge in [0, 0.05) is 5.56 Å². The average Bonchev–Trinajstić information content (AvgIpc) is 3.02. The predicted molar refractivity (Wildman–Crippen MR) is 97.5 cm³/mol. The van der Waals surface area contributed by atoms with Gasteiger partial charge in [-0.25, -0.2) is 9.79 Å². The molecule has 0 N–H and O–H groups in total. The number of aliphatic imine (C=N–C) groups is 1. The van der Waals surface area contributed by atoms with Gasteiger partial charge in [-0.05, 0) is 52.7 Å². The molecule has 4 heteroatoms. The number of rotatable bonds is 3. The molecule has 1 heterocycles.